The van der Waals surface area contributed by atoms with Gasteiger partial charge in [0.25, 0.3) is 0 Å². The maximum absolute atomic E-state index is 5.75. The molecule has 1 aromatic carbocycles. The van der Waals surface area contributed by atoms with Gasteiger partial charge < -0.3 is 15.5 Å². The molecule has 0 atom stereocenters. The van der Waals surface area contributed by atoms with Crippen molar-refractivity contribution >= 4 is 5.96 Å². The largest absolute Gasteiger partial charge is 0.444 e. The molecule has 0 amide bonds. The number of nitrogens with two attached hydrogens (primary N) is 1. The van der Waals surface area contributed by atoms with Crippen LogP contribution in [0.5, 0.6) is 0 Å². The van der Waals surface area contributed by atoms with Crippen LogP contribution in [0.3, 0.4) is 0 Å². The summed E-state index contributed by atoms with van der Waals surface area (Å²) >= 11 is 0. The highest BCUT2D eigenvalue weighted by molar-refractivity contribution is 5.77. The number of guanidine groups is 1. The lowest BCUT2D eigenvalue weighted by molar-refractivity contribution is 0.469. The number of nitrogens with zero attached hydrogens (tertiary/aromatic N) is 2. The molecule has 0 aliphatic carbocycles. The molecule has 0 spiro atoms. The highest BCUT2D eigenvalue weighted by Crippen LogP contribution is 2.01. The molecule has 0 aliphatic rings. The van der Waals surface area contributed by atoms with Crippen molar-refractivity contribution in [2.75, 3.05) is 0 Å². The van der Waals surface area contributed by atoms with E-state index in [0.29, 0.717) is 24.9 Å². The molecule has 0 saturated heterocycles. The van der Waals surface area contributed by atoms with Crippen LogP contribution < -0.4 is 11.1 Å². The second-order valence-electron chi connectivity index (χ2n) is 3.89. The first-order valence-electron chi connectivity index (χ1n) is 5.73. The number of aliphatic imine (C=N–C) groups is 1. The molecule has 5 heteroatoms. The summed E-state index contributed by atoms with van der Waals surface area (Å²) in [6, 6.07) is 9.95. The van der Waals surface area contributed by atoms with E-state index >= 15 is 0 Å². The molecule has 0 saturated carbocycles. The van der Waals surface area contributed by atoms with Gasteiger partial charge in [-0.25, -0.2) is 9.98 Å². The van der Waals surface area contributed by atoms with Crippen molar-refractivity contribution in [2.24, 2.45) is 10.7 Å². The molecule has 94 valence electrons. The first-order valence-corrected chi connectivity index (χ1v) is 5.73. The van der Waals surface area contributed by atoms with Crippen LogP contribution in [0.2, 0.25) is 0 Å². The van der Waals surface area contributed by atoms with Crippen molar-refractivity contribution in [1.82, 2.24) is 10.3 Å². The molecular formula is C13H16N4O. The topological polar surface area (TPSA) is 76.4 Å². The average molecular weight is 244 g/mol. The van der Waals surface area contributed by atoms with Gasteiger partial charge in [0.1, 0.15) is 5.76 Å². The van der Waals surface area contributed by atoms with Gasteiger partial charge >= 0.3 is 0 Å². The quantitative estimate of drug-likeness (QED) is 0.632. The molecule has 18 heavy (non-hydrogen) atoms. The molecule has 5 nitrogen and oxygen atoms in total. The van der Waals surface area contributed by atoms with Gasteiger partial charge in [-0.3, -0.25) is 0 Å². The Kier molecular flexibility index (Phi) is 3.96. The first kappa shape index (κ1) is 12.2. The monoisotopic (exact) mass is 244 g/mol. The maximum Gasteiger partial charge on any atom is 0.191 e. The van der Waals surface area contributed by atoms with Gasteiger partial charge in [0.05, 0.1) is 19.3 Å². The Labute approximate surface area is 106 Å². The van der Waals surface area contributed by atoms with Crippen LogP contribution in [-0.4, -0.2) is 10.9 Å². The number of hydrogen-bond donors (Lipinski definition) is 2. The number of rotatable bonds is 4. The number of nitrogens with one attached hydrogen (secondary N) is 1. The lowest BCUT2D eigenvalue weighted by Crippen LogP contribution is -2.31. The summed E-state index contributed by atoms with van der Waals surface area (Å²) in [5.41, 5.74) is 6.88. The molecule has 0 fully saturated rings. The predicted molar refractivity (Wildman–Crippen MR) is 69.8 cm³/mol. The van der Waals surface area contributed by atoms with Crippen molar-refractivity contribution in [1.29, 1.82) is 0 Å². The van der Waals surface area contributed by atoms with Crippen LogP contribution in [0.15, 0.2) is 45.9 Å². The number of benzene rings is 1. The molecule has 2 aromatic rings. The van der Waals surface area contributed by atoms with Crippen molar-refractivity contribution in [3.05, 3.63) is 53.7 Å². The predicted octanol–water partition coefficient (Wildman–Crippen LogP) is 1.59. The zero-order valence-electron chi connectivity index (χ0n) is 10.3. The van der Waals surface area contributed by atoms with Crippen molar-refractivity contribution in [3.8, 4) is 0 Å². The maximum atomic E-state index is 5.75. The summed E-state index contributed by atoms with van der Waals surface area (Å²) in [6.07, 6.45) is 1.67. The summed E-state index contributed by atoms with van der Waals surface area (Å²) in [7, 11) is 0. The van der Waals surface area contributed by atoms with E-state index in [2.05, 4.69) is 15.3 Å². The number of aryl methyl sites for hydroxylation is 1. The van der Waals surface area contributed by atoms with Crippen molar-refractivity contribution in [2.45, 2.75) is 20.0 Å². The lowest BCUT2D eigenvalue weighted by Gasteiger charge is -2.03. The Hall–Kier alpha value is -2.30. The Morgan fingerprint density at radius 1 is 1.39 bits per heavy atom. The highest BCUT2D eigenvalue weighted by atomic mass is 16.4. The summed E-state index contributed by atoms with van der Waals surface area (Å²) in [4.78, 5) is 8.24. The Morgan fingerprint density at radius 3 is 2.83 bits per heavy atom. The SMILES string of the molecule is Cc1ncc(CNC(N)=NCc2ccccc2)o1. The third-order valence-corrected chi connectivity index (χ3v) is 2.39. The van der Waals surface area contributed by atoms with E-state index in [-0.39, 0.29) is 0 Å². The van der Waals surface area contributed by atoms with Gasteiger partial charge in [-0.15, -0.1) is 0 Å². The van der Waals surface area contributed by atoms with Crippen LogP contribution in [0, 0.1) is 6.92 Å². The van der Waals surface area contributed by atoms with Crippen LogP contribution in [0.1, 0.15) is 17.2 Å². The summed E-state index contributed by atoms with van der Waals surface area (Å²) in [5, 5.41) is 2.98. The van der Waals surface area contributed by atoms with E-state index in [9.17, 15) is 0 Å². The Morgan fingerprint density at radius 2 is 2.17 bits per heavy atom. The van der Waals surface area contributed by atoms with Crippen molar-refractivity contribution in [3.63, 3.8) is 0 Å². The van der Waals surface area contributed by atoms with Crippen LogP contribution in [0.25, 0.3) is 0 Å². The zero-order chi connectivity index (χ0) is 12.8. The van der Waals surface area contributed by atoms with Gasteiger partial charge in [-0.2, -0.15) is 0 Å². The lowest BCUT2D eigenvalue weighted by atomic mass is 10.2. The first-order chi connectivity index (χ1) is 8.74. The van der Waals surface area contributed by atoms with Gasteiger partial charge in [0.2, 0.25) is 0 Å². The van der Waals surface area contributed by atoms with Crippen molar-refractivity contribution < 1.29 is 4.42 Å². The second kappa shape index (κ2) is 5.86. The fourth-order valence-corrected chi connectivity index (χ4v) is 1.48. The molecule has 1 aromatic heterocycles. The standard InChI is InChI=1S/C13H16N4O/c1-10-15-8-12(18-10)9-17-13(14)16-7-11-5-3-2-4-6-11/h2-6,8H,7,9H2,1H3,(H3,14,16,17). The summed E-state index contributed by atoms with van der Waals surface area (Å²) in [5.74, 6) is 1.78. The van der Waals surface area contributed by atoms with Gasteiger partial charge in [0.15, 0.2) is 11.9 Å². The third kappa shape index (κ3) is 3.62. The summed E-state index contributed by atoms with van der Waals surface area (Å²) < 4.78 is 5.31. The van der Waals surface area contributed by atoms with Crippen LogP contribution in [-0.2, 0) is 13.1 Å². The average Bonchev–Trinajstić information content (AvgIpc) is 2.81. The minimum atomic E-state index is 0.396. The van der Waals surface area contributed by atoms with E-state index in [1.165, 1.54) is 0 Å². The van der Waals surface area contributed by atoms with Gasteiger partial charge in [0, 0.05) is 6.92 Å². The Bertz CT molecular complexity index is 519. The minimum absolute atomic E-state index is 0.396. The van der Waals surface area contributed by atoms with E-state index in [4.69, 9.17) is 10.2 Å². The van der Waals surface area contributed by atoms with Crippen LogP contribution >= 0.6 is 0 Å². The Balaban J connectivity index is 1.82. The summed E-state index contributed by atoms with van der Waals surface area (Å²) in [6.45, 7) is 2.86. The van der Waals surface area contributed by atoms with Gasteiger partial charge in [-0.05, 0) is 5.56 Å². The van der Waals surface area contributed by atoms with Gasteiger partial charge in [-0.1, -0.05) is 30.3 Å². The molecule has 0 radical (unpaired) electrons. The molecule has 3 N–H and O–H groups in total. The smallest absolute Gasteiger partial charge is 0.191 e. The minimum Gasteiger partial charge on any atom is -0.444 e. The highest BCUT2D eigenvalue weighted by Gasteiger charge is 1.99. The fraction of sp³-hybridized carbons (Fsp3) is 0.231. The van der Waals surface area contributed by atoms with E-state index < -0.39 is 0 Å². The normalized spacial score (nSPS) is 11.5. The molecule has 0 bridgehead atoms. The molecule has 0 aliphatic heterocycles. The van der Waals surface area contributed by atoms with E-state index in [1.807, 2.05) is 30.3 Å². The molecular weight excluding hydrogens is 228 g/mol. The number of oxazole rings is 1. The van der Waals surface area contributed by atoms with Crippen LogP contribution in [0.4, 0.5) is 0 Å². The fourth-order valence-electron chi connectivity index (χ4n) is 1.48. The zero-order valence-corrected chi connectivity index (χ0v) is 10.3. The van der Waals surface area contributed by atoms with E-state index in [1.54, 1.807) is 13.1 Å². The number of hydrogen-bond acceptors (Lipinski definition) is 3. The third-order valence-electron chi connectivity index (χ3n) is 2.39. The molecule has 1 heterocycles. The molecule has 0 unspecified atom stereocenters. The molecule has 2 rings (SSSR count). The van der Waals surface area contributed by atoms with E-state index in [0.717, 1.165) is 11.3 Å². The number of aromatic nitrogens is 1. The second-order valence-corrected chi connectivity index (χ2v) is 3.89.